The van der Waals surface area contributed by atoms with E-state index >= 15 is 0 Å². The molecule has 3 nitrogen and oxygen atoms in total. The van der Waals surface area contributed by atoms with Crippen molar-refractivity contribution in [3.8, 4) is 0 Å². The van der Waals surface area contributed by atoms with Crippen LogP contribution < -0.4 is 10.6 Å². The maximum absolute atomic E-state index is 12.0. The standard InChI is InChI=1S/C16H23BrN2OS/c1-11-7-15(12(2)6-14(11)17)21-10-16(20)19-9-13-4-3-5-18-8-13/h6-7,13,18H,3-5,8-10H2,1-2H3,(H,19,20). The summed E-state index contributed by atoms with van der Waals surface area (Å²) in [6.45, 7) is 7.09. The van der Waals surface area contributed by atoms with E-state index < -0.39 is 0 Å². The third-order valence-electron chi connectivity index (χ3n) is 3.80. The highest BCUT2D eigenvalue weighted by molar-refractivity contribution is 9.10. The van der Waals surface area contributed by atoms with E-state index in [9.17, 15) is 4.79 Å². The normalized spacial score (nSPS) is 18.5. The van der Waals surface area contributed by atoms with Gasteiger partial charge in [-0.05, 0) is 69.0 Å². The van der Waals surface area contributed by atoms with E-state index in [-0.39, 0.29) is 5.91 Å². The summed E-state index contributed by atoms with van der Waals surface area (Å²) >= 11 is 5.15. The quantitative estimate of drug-likeness (QED) is 0.781. The van der Waals surface area contributed by atoms with Gasteiger partial charge >= 0.3 is 0 Å². The number of nitrogens with one attached hydrogen (secondary N) is 2. The highest BCUT2D eigenvalue weighted by Crippen LogP contribution is 2.28. The van der Waals surface area contributed by atoms with E-state index in [0.29, 0.717) is 11.7 Å². The van der Waals surface area contributed by atoms with Crippen LogP contribution in [-0.4, -0.2) is 31.3 Å². The Hall–Kier alpha value is -0.520. The second kappa shape index (κ2) is 8.20. The minimum Gasteiger partial charge on any atom is -0.355 e. The van der Waals surface area contributed by atoms with Crippen LogP contribution in [0, 0.1) is 19.8 Å². The van der Waals surface area contributed by atoms with Gasteiger partial charge in [0.25, 0.3) is 0 Å². The molecule has 1 unspecified atom stereocenters. The van der Waals surface area contributed by atoms with Gasteiger partial charge in [0.1, 0.15) is 0 Å². The summed E-state index contributed by atoms with van der Waals surface area (Å²) in [6.07, 6.45) is 2.43. The van der Waals surface area contributed by atoms with E-state index in [1.807, 2.05) is 0 Å². The molecule has 1 aliphatic rings. The van der Waals surface area contributed by atoms with Gasteiger partial charge in [-0.1, -0.05) is 15.9 Å². The predicted octanol–water partition coefficient (Wildman–Crippen LogP) is 3.27. The first-order valence-corrected chi connectivity index (χ1v) is 9.21. The molecule has 116 valence electrons. The van der Waals surface area contributed by atoms with Crippen LogP contribution in [0.5, 0.6) is 0 Å². The van der Waals surface area contributed by atoms with Crippen molar-refractivity contribution in [1.29, 1.82) is 0 Å². The SMILES string of the molecule is Cc1cc(SCC(=O)NCC2CCCNC2)c(C)cc1Br. The Labute approximate surface area is 139 Å². The summed E-state index contributed by atoms with van der Waals surface area (Å²) in [5.41, 5.74) is 2.42. The number of aryl methyl sites for hydroxylation is 2. The van der Waals surface area contributed by atoms with Crippen molar-refractivity contribution < 1.29 is 4.79 Å². The molecule has 1 atom stereocenters. The number of piperidine rings is 1. The molecule has 0 bridgehead atoms. The minimum absolute atomic E-state index is 0.130. The molecule has 1 aliphatic heterocycles. The van der Waals surface area contributed by atoms with Crippen LogP contribution in [0.2, 0.25) is 0 Å². The summed E-state index contributed by atoms with van der Waals surface area (Å²) in [6, 6.07) is 4.26. The van der Waals surface area contributed by atoms with Gasteiger partial charge in [0.2, 0.25) is 5.91 Å². The van der Waals surface area contributed by atoms with E-state index in [2.05, 4.69) is 52.5 Å². The van der Waals surface area contributed by atoms with Crippen molar-refractivity contribution in [3.63, 3.8) is 0 Å². The lowest BCUT2D eigenvalue weighted by Crippen LogP contribution is -2.38. The molecule has 1 saturated heterocycles. The average Bonchev–Trinajstić information content (AvgIpc) is 2.48. The van der Waals surface area contributed by atoms with Crippen LogP contribution in [-0.2, 0) is 4.79 Å². The van der Waals surface area contributed by atoms with Crippen molar-refractivity contribution in [3.05, 3.63) is 27.7 Å². The van der Waals surface area contributed by atoms with Crippen LogP contribution in [0.3, 0.4) is 0 Å². The van der Waals surface area contributed by atoms with Crippen molar-refractivity contribution in [2.75, 3.05) is 25.4 Å². The lowest BCUT2D eigenvalue weighted by atomic mass is 10.00. The van der Waals surface area contributed by atoms with Crippen molar-refractivity contribution in [2.45, 2.75) is 31.6 Å². The second-order valence-corrected chi connectivity index (χ2v) is 7.54. The molecule has 0 aliphatic carbocycles. The Bertz CT molecular complexity index is 501. The van der Waals surface area contributed by atoms with Gasteiger partial charge in [0.15, 0.2) is 0 Å². The maximum atomic E-state index is 12.0. The summed E-state index contributed by atoms with van der Waals surface area (Å²) in [5.74, 6) is 1.21. The maximum Gasteiger partial charge on any atom is 0.230 e. The molecule has 0 aromatic heterocycles. The van der Waals surface area contributed by atoms with Crippen LogP contribution in [0.4, 0.5) is 0 Å². The zero-order valence-corrected chi connectivity index (χ0v) is 15.1. The number of benzene rings is 1. The van der Waals surface area contributed by atoms with Crippen LogP contribution >= 0.6 is 27.7 Å². The van der Waals surface area contributed by atoms with Crippen molar-refractivity contribution >= 4 is 33.6 Å². The molecule has 5 heteroatoms. The summed E-state index contributed by atoms with van der Waals surface area (Å²) in [5, 5.41) is 6.43. The van der Waals surface area contributed by atoms with E-state index in [4.69, 9.17) is 0 Å². The number of amides is 1. The Morgan fingerprint density at radius 1 is 1.43 bits per heavy atom. The molecule has 1 aromatic carbocycles. The third-order valence-corrected chi connectivity index (χ3v) is 5.81. The molecule has 2 N–H and O–H groups in total. The van der Waals surface area contributed by atoms with E-state index in [1.165, 1.54) is 28.9 Å². The number of rotatable bonds is 5. The largest absolute Gasteiger partial charge is 0.355 e. The zero-order valence-electron chi connectivity index (χ0n) is 12.7. The molecule has 1 heterocycles. The highest BCUT2D eigenvalue weighted by Gasteiger charge is 2.14. The lowest BCUT2D eigenvalue weighted by molar-refractivity contribution is -0.118. The predicted molar refractivity (Wildman–Crippen MR) is 92.9 cm³/mol. The summed E-state index contributed by atoms with van der Waals surface area (Å²) in [4.78, 5) is 13.1. The van der Waals surface area contributed by atoms with E-state index in [0.717, 1.165) is 24.1 Å². The molecule has 0 spiro atoms. The number of hydrogen-bond donors (Lipinski definition) is 2. The van der Waals surface area contributed by atoms with Crippen molar-refractivity contribution in [2.24, 2.45) is 5.92 Å². The minimum atomic E-state index is 0.130. The fraction of sp³-hybridized carbons (Fsp3) is 0.562. The van der Waals surface area contributed by atoms with Gasteiger partial charge in [-0.25, -0.2) is 0 Å². The molecular weight excluding hydrogens is 348 g/mol. The van der Waals surface area contributed by atoms with Gasteiger partial charge < -0.3 is 10.6 Å². The first-order chi connectivity index (χ1) is 10.1. The first kappa shape index (κ1) is 16.8. The highest BCUT2D eigenvalue weighted by atomic mass is 79.9. The Morgan fingerprint density at radius 2 is 2.24 bits per heavy atom. The monoisotopic (exact) mass is 370 g/mol. The molecule has 0 saturated carbocycles. The van der Waals surface area contributed by atoms with Gasteiger partial charge in [-0.3, -0.25) is 4.79 Å². The summed E-state index contributed by atoms with van der Waals surface area (Å²) < 4.78 is 1.12. The smallest absolute Gasteiger partial charge is 0.230 e. The second-order valence-electron chi connectivity index (χ2n) is 5.67. The Kier molecular flexibility index (Phi) is 6.58. The topological polar surface area (TPSA) is 41.1 Å². The van der Waals surface area contributed by atoms with Crippen LogP contribution in [0.1, 0.15) is 24.0 Å². The number of thioether (sulfide) groups is 1. The van der Waals surface area contributed by atoms with Gasteiger partial charge in [-0.2, -0.15) is 0 Å². The number of carbonyl (C=O) groups excluding carboxylic acids is 1. The molecule has 2 rings (SSSR count). The number of hydrogen-bond acceptors (Lipinski definition) is 3. The molecule has 1 amide bonds. The molecule has 21 heavy (non-hydrogen) atoms. The zero-order chi connectivity index (χ0) is 15.2. The van der Waals surface area contributed by atoms with Crippen LogP contribution in [0.25, 0.3) is 0 Å². The fourth-order valence-electron chi connectivity index (χ4n) is 2.46. The molecule has 1 aromatic rings. The fourth-order valence-corrected chi connectivity index (χ4v) is 3.85. The van der Waals surface area contributed by atoms with Crippen LogP contribution in [0.15, 0.2) is 21.5 Å². The Morgan fingerprint density at radius 3 is 2.95 bits per heavy atom. The first-order valence-electron chi connectivity index (χ1n) is 7.43. The molecule has 1 fully saturated rings. The lowest BCUT2D eigenvalue weighted by Gasteiger charge is -2.22. The average molecular weight is 371 g/mol. The van der Waals surface area contributed by atoms with Gasteiger partial charge in [0.05, 0.1) is 5.75 Å². The summed E-state index contributed by atoms with van der Waals surface area (Å²) in [7, 11) is 0. The van der Waals surface area contributed by atoms with Gasteiger partial charge in [-0.15, -0.1) is 11.8 Å². The number of halogens is 1. The molecular formula is C16H23BrN2OS. The number of carbonyl (C=O) groups is 1. The third kappa shape index (κ3) is 5.31. The Balaban J connectivity index is 1.77. The van der Waals surface area contributed by atoms with Crippen molar-refractivity contribution in [1.82, 2.24) is 10.6 Å². The molecule has 0 radical (unpaired) electrons. The van der Waals surface area contributed by atoms with Gasteiger partial charge in [0, 0.05) is 15.9 Å². The van der Waals surface area contributed by atoms with E-state index in [1.54, 1.807) is 11.8 Å².